The Hall–Kier alpha value is -4.12. The Labute approximate surface area is 223 Å². The number of benzene rings is 3. The van der Waals surface area contributed by atoms with E-state index in [1.807, 2.05) is 6.92 Å². The smallest absolute Gasteiger partial charge is 0.264 e. The SMILES string of the molecule is CCOc1ccc(N(CC(=O)NCCOc2ccc(OC)cc2)S(=O)(=O)c2ccc(OC)c(OC)c2)cc1. The molecule has 0 heterocycles. The van der Waals surface area contributed by atoms with Crippen LogP contribution in [0.15, 0.2) is 71.6 Å². The van der Waals surface area contributed by atoms with Crippen molar-refractivity contribution in [2.45, 2.75) is 11.8 Å². The summed E-state index contributed by atoms with van der Waals surface area (Å²) in [4.78, 5) is 12.8. The molecular weight excluding hydrogens is 512 g/mol. The highest BCUT2D eigenvalue weighted by molar-refractivity contribution is 7.92. The fourth-order valence-corrected chi connectivity index (χ4v) is 4.95. The Morgan fingerprint density at radius 1 is 0.789 bits per heavy atom. The molecule has 0 aliphatic rings. The zero-order valence-corrected chi connectivity index (χ0v) is 22.6. The molecule has 0 bridgehead atoms. The molecule has 0 saturated heterocycles. The molecule has 204 valence electrons. The lowest BCUT2D eigenvalue weighted by molar-refractivity contribution is -0.119. The lowest BCUT2D eigenvalue weighted by Crippen LogP contribution is -2.41. The first-order valence-corrected chi connectivity index (χ1v) is 13.3. The molecule has 10 nitrogen and oxygen atoms in total. The predicted molar refractivity (Wildman–Crippen MR) is 143 cm³/mol. The normalized spacial score (nSPS) is 10.8. The summed E-state index contributed by atoms with van der Waals surface area (Å²) in [7, 11) is 0.294. The fraction of sp³-hybridized carbons (Fsp3) is 0.296. The van der Waals surface area contributed by atoms with Gasteiger partial charge in [0.15, 0.2) is 11.5 Å². The van der Waals surface area contributed by atoms with Gasteiger partial charge in [-0.15, -0.1) is 0 Å². The molecule has 0 aromatic heterocycles. The van der Waals surface area contributed by atoms with Gasteiger partial charge in [0.05, 0.1) is 45.1 Å². The Morgan fingerprint density at radius 2 is 1.39 bits per heavy atom. The first-order chi connectivity index (χ1) is 18.3. The summed E-state index contributed by atoms with van der Waals surface area (Å²) < 4.78 is 55.1. The molecule has 3 aromatic carbocycles. The maximum Gasteiger partial charge on any atom is 0.264 e. The third-order valence-electron chi connectivity index (χ3n) is 5.42. The van der Waals surface area contributed by atoms with Gasteiger partial charge in [0.2, 0.25) is 5.91 Å². The molecule has 0 aliphatic heterocycles. The summed E-state index contributed by atoms with van der Waals surface area (Å²) in [5.74, 6) is 2.04. The van der Waals surface area contributed by atoms with Crippen LogP contribution in [0.3, 0.4) is 0 Å². The van der Waals surface area contributed by atoms with E-state index in [2.05, 4.69) is 5.32 Å². The largest absolute Gasteiger partial charge is 0.497 e. The van der Waals surface area contributed by atoms with Crippen molar-refractivity contribution in [2.75, 3.05) is 51.9 Å². The molecule has 3 rings (SSSR count). The van der Waals surface area contributed by atoms with E-state index in [0.717, 1.165) is 4.31 Å². The van der Waals surface area contributed by atoms with Crippen LogP contribution in [0, 0.1) is 0 Å². The van der Waals surface area contributed by atoms with Gasteiger partial charge in [-0.3, -0.25) is 9.10 Å². The van der Waals surface area contributed by atoms with E-state index in [4.69, 9.17) is 23.7 Å². The van der Waals surface area contributed by atoms with Crippen molar-refractivity contribution in [1.82, 2.24) is 5.32 Å². The number of hydrogen-bond donors (Lipinski definition) is 1. The van der Waals surface area contributed by atoms with Crippen molar-refractivity contribution in [3.05, 3.63) is 66.7 Å². The quantitative estimate of drug-likeness (QED) is 0.307. The number of carbonyl (C=O) groups is 1. The highest BCUT2D eigenvalue weighted by Gasteiger charge is 2.28. The number of ether oxygens (including phenoxy) is 5. The third kappa shape index (κ3) is 7.22. The van der Waals surface area contributed by atoms with Gasteiger partial charge in [-0.2, -0.15) is 0 Å². The van der Waals surface area contributed by atoms with Crippen LogP contribution in [-0.4, -0.2) is 62.0 Å². The third-order valence-corrected chi connectivity index (χ3v) is 7.19. The van der Waals surface area contributed by atoms with Crippen LogP contribution in [-0.2, 0) is 14.8 Å². The van der Waals surface area contributed by atoms with E-state index in [9.17, 15) is 13.2 Å². The van der Waals surface area contributed by atoms with Crippen molar-refractivity contribution in [3.63, 3.8) is 0 Å². The summed E-state index contributed by atoms with van der Waals surface area (Å²) >= 11 is 0. The number of nitrogens with one attached hydrogen (secondary N) is 1. The molecule has 0 unspecified atom stereocenters. The van der Waals surface area contributed by atoms with Crippen LogP contribution in [0.2, 0.25) is 0 Å². The molecule has 0 radical (unpaired) electrons. The van der Waals surface area contributed by atoms with Gasteiger partial charge >= 0.3 is 0 Å². The number of methoxy groups -OCH3 is 3. The van der Waals surface area contributed by atoms with E-state index in [1.54, 1.807) is 55.6 Å². The predicted octanol–water partition coefficient (Wildman–Crippen LogP) is 3.50. The lowest BCUT2D eigenvalue weighted by atomic mass is 10.3. The maximum atomic E-state index is 13.7. The lowest BCUT2D eigenvalue weighted by Gasteiger charge is -2.24. The molecule has 11 heteroatoms. The zero-order valence-electron chi connectivity index (χ0n) is 21.8. The minimum atomic E-state index is -4.16. The van der Waals surface area contributed by atoms with Crippen LogP contribution < -0.4 is 33.3 Å². The summed E-state index contributed by atoms with van der Waals surface area (Å²) in [6.07, 6.45) is 0. The van der Waals surface area contributed by atoms with Crippen LogP contribution in [0.25, 0.3) is 0 Å². The summed E-state index contributed by atoms with van der Waals surface area (Å²) in [6, 6.07) is 17.8. The number of carbonyl (C=O) groups excluding carboxylic acids is 1. The van der Waals surface area contributed by atoms with Gasteiger partial charge in [-0.25, -0.2) is 8.42 Å². The molecular formula is C27H32N2O8S. The van der Waals surface area contributed by atoms with Gasteiger partial charge < -0.3 is 29.0 Å². The highest BCUT2D eigenvalue weighted by atomic mass is 32.2. The fourth-order valence-electron chi connectivity index (χ4n) is 3.51. The minimum Gasteiger partial charge on any atom is -0.497 e. The van der Waals surface area contributed by atoms with Crippen LogP contribution >= 0.6 is 0 Å². The monoisotopic (exact) mass is 544 g/mol. The van der Waals surface area contributed by atoms with Gasteiger partial charge in [-0.1, -0.05) is 0 Å². The standard InChI is InChI=1S/C27H32N2O8S/c1-5-36-22-8-6-20(7-9-22)29(38(31,32)24-14-15-25(34-3)26(18-24)35-4)19-27(30)28-16-17-37-23-12-10-21(33-2)11-13-23/h6-15,18H,5,16-17,19H2,1-4H3,(H,28,30). The number of amides is 1. The summed E-state index contributed by atoms with van der Waals surface area (Å²) in [6.45, 7) is 2.24. The van der Waals surface area contributed by atoms with E-state index in [-0.39, 0.29) is 23.8 Å². The number of nitrogens with zero attached hydrogens (tertiary/aromatic N) is 1. The number of sulfonamides is 1. The first kappa shape index (κ1) is 28.5. The zero-order chi connectivity index (χ0) is 27.5. The summed E-state index contributed by atoms with van der Waals surface area (Å²) in [5, 5.41) is 2.71. The van der Waals surface area contributed by atoms with Crippen LogP contribution in [0.1, 0.15) is 6.92 Å². The highest BCUT2D eigenvalue weighted by Crippen LogP contribution is 2.32. The Morgan fingerprint density at radius 3 is 2.00 bits per heavy atom. The van der Waals surface area contributed by atoms with Crippen molar-refractivity contribution in [2.24, 2.45) is 0 Å². The number of hydrogen-bond acceptors (Lipinski definition) is 8. The second-order valence-electron chi connectivity index (χ2n) is 7.83. The van der Waals surface area contributed by atoms with E-state index in [1.165, 1.54) is 32.4 Å². The molecule has 1 amide bonds. The van der Waals surface area contributed by atoms with E-state index in [0.29, 0.717) is 35.3 Å². The second kappa shape index (κ2) is 13.4. The van der Waals surface area contributed by atoms with Gasteiger partial charge in [0.1, 0.15) is 30.4 Å². The van der Waals surface area contributed by atoms with Crippen molar-refractivity contribution >= 4 is 21.6 Å². The maximum absolute atomic E-state index is 13.7. The minimum absolute atomic E-state index is 0.0559. The molecule has 0 spiro atoms. The summed E-state index contributed by atoms with van der Waals surface area (Å²) in [5.41, 5.74) is 0.299. The van der Waals surface area contributed by atoms with Crippen molar-refractivity contribution < 1.29 is 36.9 Å². The van der Waals surface area contributed by atoms with Crippen LogP contribution in [0.5, 0.6) is 28.7 Å². The molecule has 0 aliphatic carbocycles. The van der Waals surface area contributed by atoms with Gasteiger partial charge in [0.25, 0.3) is 10.0 Å². The molecule has 0 saturated carbocycles. The second-order valence-corrected chi connectivity index (χ2v) is 9.69. The Balaban J connectivity index is 1.76. The van der Waals surface area contributed by atoms with Gasteiger partial charge in [0, 0.05) is 6.07 Å². The molecule has 0 atom stereocenters. The van der Waals surface area contributed by atoms with Gasteiger partial charge in [-0.05, 0) is 67.6 Å². The Kier molecular flexibility index (Phi) is 10.1. The van der Waals surface area contributed by atoms with E-state index < -0.39 is 22.5 Å². The van der Waals surface area contributed by atoms with Crippen LogP contribution in [0.4, 0.5) is 5.69 Å². The topological polar surface area (TPSA) is 113 Å². The molecule has 1 N–H and O–H groups in total. The average Bonchev–Trinajstić information content (AvgIpc) is 2.94. The van der Waals surface area contributed by atoms with Crippen molar-refractivity contribution in [3.8, 4) is 28.7 Å². The number of anilines is 1. The molecule has 3 aromatic rings. The first-order valence-electron chi connectivity index (χ1n) is 11.8. The Bertz CT molecular complexity index is 1300. The molecule has 0 fully saturated rings. The van der Waals surface area contributed by atoms with Crippen molar-refractivity contribution in [1.29, 1.82) is 0 Å². The molecule has 38 heavy (non-hydrogen) atoms. The number of rotatable bonds is 14. The van der Waals surface area contributed by atoms with E-state index >= 15 is 0 Å². The average molecular weight is 545 g/mol.